The van der Waals surface area contributed by atoms with Crippen molar-refractivity contribution in [1.82, 2.24) is 10.6 Å². The fraction of sp³-hybridized carbons (Fsp3) is 0.381. The number of aliphatic hydroxyl groups excluding tert-OH is 1. The van der Waals surface area contributed by atoms with Crippen LogP contribution in [-0.2, 0) is 6.42 Å². The molecule has 0 aliphatic rings. The van der Waals surface area contributed by atoms with Gasteiger partial charge in [0.05, 0.1) is 20.3 Å². The SMILES string of the molecule is CCNC(=NCC(CO)c1ccccc1)NCCc1ccc(OC)cc1. The van der Waals surface area contributed by atoms with Crippen molar-refractivity contribution < 1.29 is 9.84 Å². The fourth-order valence-corrected chi connectivity index (χ4v) is 2.65. The highest BCUT2D eigenvalue weighted by molar-refractivity contribution is 5.79. The molecule has 3 N–H and O–H groups in total. The minimum Gasteiger partial charge on any atom is -0.497 e. The summed E-state index contributed by atoms with van der Waals surface area (Å²) in [7, 11) is 1.67. The minimum absolute atomic E-state index is 0.00763. The molecule has 2 aromatic carbocycles. The summed E-state index contributed by atoms with van der Waals surface area (Å²) in [6, 6.07) is 18.1. The van der Waals surface area contributed by atoms with Crippen LogP contribution in [-0.4, -0.2) is 44.4 Å². The number of aliphatic imine (C=N–C) groups is 1. The first-order valence-electron chi connectivity index (χ1n) is 9.07. The van der Waals surface area contributed by atoms with Crippen LogP contribution >= 0.6 is 0 Å². The molecule has 1 atom stereocenters. The normalized spacial score (nSPS) is 12.5. The van der Waals surface area contributed by atoms with Crippen LogP contribution in [0.15, 0.2) is 59.6 Å². The number of nitrogens with zero attached hydrogens (tertiary/aromatic N) is 1. The van der Waals surface area contributed by atoms with Crippen LogP contribution in [0.5, 0.6) is 5.75 Å². The molecule has 0 aliphatic carbocycles. The molecule has 0 saturated heterocycles. The van der Waals surface area contributed by atoms with Gasteiger partial charge in [0.1, 0.15) is 5.75 Å². The van der Waals surface area contributed by atoms with Crippen LogP contribution in [0.25, 0.3) is 0 Å². The number of ether oxygens (including phenoxy) is 1. The summed E-state index contributed by atoms with van der Waals surface area (Å²) in [6.45, 7) is 4.25. The van der Waals surface area contributed by atoms with Crippen molar-refractivity contribution in [2.45, 2.75) is 19.3 Å². The number of methoxy groups -OCH3 is 1. The Morgan fingerprint density at radius 1 is 1.08 bits per heavy atom. The molecule has 0 aromatic heterocycles. The van der Waals surface area contributed by atoms with E-state index in [1.807, 2.05) is 49.4 Å². The van der Waals surface area contributed by atoms with E-state index in [-0.39, 0.29) is 12.5 Å². The molecule has 140 valence electrons. The van der Waals surface area contributed by atoms with Crippen LogP contribution in [0.2, 0.25) is 0 Å². The highest BCUT2D eigenvalue weighted by Crippen LogP contribution is 2.15. The van der Waals surface area contributed by atoms with Gasteiger partial charge in [-0.25, -0.2) is 0 Å². The van der Waals surface area contributed by atoms with Crippen molar-refractivity contribution in [2.75, 3.05) is 33.4 Å². The zero-order chi connectivity index (χ0) is 18.6. The van der Waals surface area contributed by atoms with E-state index in [4.69, 9.17) is 4.74 Å². The monoisotopic (exact) mass is 355 g/mol. The van der Waals surface area contributed by atoms with E-state index in [0.717, 1.165) is 36.8 Å². The number of hydrogen-bond donors (Lipinski definition) is 3. The van der Waals surface area contributed by atoms with E-state index in [2.05, 4.69) is 27.8 Å². The van der Waals surface area contributed by atoms with E-state index >= 15 is 0 Å². The molecule has 0 bridgehead atoms. The summed E-state index contributed by atoms with van der Waals surface area (Å²) in [5, 5.41) is 16.3. The molecule has 0 amide bonds. The Morgan fingerprint density at radius 3 is 2.42 bits per heavy atom. The Kier molecular flexibility index (Phi) is 8.49. The molecule has 0 fully saturated rings. The maximum absolute atomic E-state index is 9.67. The van der Waals surface area contributed by atoms with Crippen molar-refractivity contribution in [3.05, 3.63) is 65.7 Å². The molecular weight excluding hydrogens is 326 g/mol. The molecule has 0 spiro atoms. The molecule has 2 aromatic rings. The molecule has 0 saturated carbocycles. The topological polar surface area (TPSA) is 65.9 Å². The number of aliphatic hydroxyl groups is 1. The van der Waals surface area contributed by atoms with Crippen molar-refractivity contribution in [3.8, 4) is 5.75 Å². The second-order valence-corrected chi connectivity index (χ2v) is 6.03. The Balaban J connectivity index is 1.88. The highest BCUT2D eigenvalue weighted by Gasteiger charge is 2.09. The van der Waals surface area contributed by atoms with E-state index in [1.165, 1.54) is 5.56 Å². The molecule has 0 heterocycles. The lowest BCUT2D eigenvalue weighted by Crippen LogP contribution is -2.38. The lowest BCUT2D eigenvalue weighted by Gasteiger charge is -2.15. The Bertz CT molecular complexity index is 657. The first-order chi connectivity index (χ1) is 12.8. The average molecular weight is 355 g/mol. The standard InChI is InChI=1S/C21H29N3O2/c1-3-22-21(23-14-13-17-9-11-20(26-2)12-10-17)24-15-19(16-25)18-7-5-4-6-8-18/h4-12,19,25H,3,13-16H2,1-2H3,(H2,22,23,24). The maximum Gasteiger partial charge on any atom is 0.191 e. The quantitative estimate of drug-likeness (QED) is 0.478. The van der Waals surface area contributed by atoms with E-state index in [1.54, 1.807) is 7.11 Å². The molecule has 5 heteroatoms. The Morgan fingerprint density at radius 2 is 1.81 bits per heavy atom. The summed E-state index contributed by atoms with van der Waals surface area (Å²) in [5.74, 6) is 1.65. The van der Waals surface area contributed by atoms with Gasteiger partial charge in [0.15, 0.2) is 5.96 Å². The number of rotatable bonds is 9. The van der Waals surface area contributed by atoms with Crippen molar-refractivity contribution >= 4 is 5.96 Å². The largest absolute Gasteiger partial charge is 0.497 e. The minimum atomic E-state index is 0.00763. The van der Waals surface area contributed by atoms with Gasteiger partial charge in [-0.05, 0) is 36.6 Å². The second kappa shape index (κ2) is 11.2. The fourth-order valence-electron chi connectivity index (χ4n) is 2.65. The van der Waals surface area contributed by atoms with Gasteiger partial charge in [0, 0.05) is 19.0 Å². The molecule has 2 rings (SSSR count). The molecule has 5 nitrogen and oxygen atoms in total. The first kappa shape index (κ1) is 19.8. The van der Waals surface area contributed by atoms with E-state index < -0.39 is 0 Å². The van der Waals surface area contributed by atoms with Crippen molar-refractivity contribution in [2.24, 2.45) is 4.99 Å². The number of guanidine groups is 1. The predicted octanol–water partition coefficient (Wildman–Crippen LogP) is 2.57. The van der Waals surface area contributed by atoms with Crippen LogP contribution in [0.1, 0.15) is 24.0 Å². The summed E-state index contributed by atoms with van der Waals surface area (Å²) >= 11 is 0. The third kappa shape index (κ3) is 6.41. The number of hydrogen-bond acceptors (Lipinski definition) is 3. The van der Waals surface area contributed by atoms with Crippen molar-refractivity contribution in [3.63, 3.8) is 0 Å². The summed E-state index contributed by atoms with van der Waals surface area (Å²) in [5.41, 5.74) is 2.35. The van der Waals surface area contributed by atoms with Crippen LogP contribution in [0.3, 0.4) is 0 Å². The first-order valence-corrected chi connectivity index (χ1v) is 9.07. The second-order valence-electron chi connectivity index (χ2n) is 6.03. The summed E-state index contributed by atoms with van der Waals surface area (Å²) < 4.78 is 5.18. The zero-order valence-corrected chi connectivity index (χ0v) is 15.6. The van der Waals surface area contributed by atoms with Gasteiger partial charge in [-0.1, -0.05) is 42.5 Å². The summed E-state index contributed by atoms with van der Waals surface area (Å²) in [4.78, 5) is 4.63. The molecule has 1 unspecified atom stereocenters. The molecular formula is C21H29N3O2. The summed E-state index contributed by atoms with van der Waals surface area (Å²) in [6.07, 6.45) is 0.899. The lowest BCUT2D eigenvalue weighted by molar-refractivity contribution is 0.268. The molecule has 0 radical (unpaired) electrons. The predicted molar refractivity (Wildman–Crippen MR) is 107 cm³/mol. The van der Waals surface area contributed by atoms with Gasteiger partial charge in [-0.3, -0.25) is 4.99 Å². The lowest BCUT2D eigenvalue weighted by atomic mass is 10.0. The smallest absolute Gasteiger partial charge is 0.191 e. The van der Waals surface area contributed by atoms with Gasteiger partial charge in [0.25, 0.3) is 0 Å². The number of benzene rings is 2. The van der Waals surface area contributed by atoms with Gasteiger partial charge in [-0.2, -0.15) is 0 Å². The van der Waals surface area contributed by atoms with Gasteiger partial charge in [-0.15, -0.1) is 0 Å². The molecule has 0 aliphatic heterocycles. The van der Waals surface area contributed by atoms with Gasteiger partial charge >= 0.3 is 0 Å². The maximum atomic E-state index is 9.67. The van der Waals surface area contributed by atoms with Crippen molar-refractivity contribution in [1.29, 1.82) is 0 Å². The third-order valence-electron chi connectivity index (χ3n) is 4.17. The Hall–Kier alpha value is -2.53. The van der Waals surface area contributed by atoms with Gasteiger partial charge < -0.3 is 20.5 Å². The zero-order valence-electron chi connectivity index (χ0n) is 15.6. The van der Waals surface area contributed by atoms with Crippen LogP contribution in [0, 0.1) is 0 Å². The Labute approximate surface area is 156 Å². The van der Waals surface area contributed by atoms with E-state index in [9.17, 15) is 5.11 Å². The van der Waals surface area contributed by atoms with Crippen LogP contribution in [0.4, 0.5) is 0 Å². The highest BCUT2D eigenvalue weighted by atomic mass is 16.5. The van der Waals surface area contributed by atoms with Gasteiger partial charge in [0.2, 0.25) is 0 Å². The molecule has 26 heavy (non-hydrogen) atoms. The van der Waals surface area contributed by atoms with E-state index in [0.29, 0.717) is 6.54 Å². The number of nitrogens with one attached hydrogen (secondary N) is 2. The van der Waals surface area contributed by atoms with Crippen LogP contribution < -0.4 is 15.4 Å². The third-order valence-corrected chi connectivity index (χ3v) is 4.17. The average Bonchev–Trinajstić information content (AvgIpc) is 2.69.